The highest BCUT2D eigenvalue weighted by atomic mass is 79.9. The van der Waals surface area contributed by atoms with Crippen molar-refractivity contribution in [2.24, 2.45) is 11.7 Å². The third kappa shape index (κ3) is 6.50. The average Bonchev–Trinajstić information content (AvgIpc) is 2.79. The summed E-state index contributed by atoms with van der Waals surface area (Å²) >= 11 is 3.11. The molecule has 1 heterocycles. The highest BCUT2D eigenvalue weighted by Crippen LogP contribution is 2.25. The van der Waals surface area contributed by atoms with E-state index < -0.39 is 10.0 Å². The molecular formula is C14H25BrN2O3S. The quantitative estimate of drug-likeness (QED) is 0.609. The van der Waals surface area contributed by atoms with Gasteiger partial charge in [-0.2, -0.15) is 0 Å². The lowest BCUT2D eigenvalue weighted by atomic mass is 10.0. The molecule has 0 fully saturated rings. The first-order valence-electron chi connectivity index (χ1n) is 7.34. The van der Waals surface area contributed by atoms with Crippen molar-refractivity contribution < 1.29 is 12.8 Å². The second kappa shape index (κ2) is 8.92. The first-order chi connectivity index (χ1) is 9.86. The van der Waals surface area contributed by atoms with Crippen LogP contribution in [0.5, 0.6) is 0 Å². The van der Waals surface area contributed by atoms with Crippen LogP contribution in [0.2, 0.25) is 0 Å². The zero-order valence-corrected chi connectivity index (χ0v) is 15.1. The van der Waals surface area contributed by atoms with Crippen LogP contribution in [0.4, 0.5) is 0 Å². The van der Waals surface area contributed by atoms with E-state index in [0.717, 1.165) is 25.2 Å². The Morgan fingerprint density at radius 2 is 1.95 bits per heavy atom. The van der Waals surface area contributed by atoms with E-state index in [4.69, 9.17) is 10.2 Å². The summed E-state index contributed by atoms with van der Waals surface area (Å²) in [5.41, 5.74) is 5.43. The fraction of sp³-hybridized carbons (Fsp3) is 0.714. The van der Waals surface area contributed by atoms with Crippen molar-refractivity contribution in [3.05, 3.63) is 16.5 Å². The third-order valence-corrected chi connectivity index (χ3v) is 5.52. The molecule has 21 heavy (non-hydrogen) atoms. The fourth-order valence-electron chi connectivity index (χ4n) is 2.00. The summed E-state index contributed by atoms with van der Waals surface area (Å²) in [6, 6.07) is 1.45. The van der Waals surface area contributed by atoms with E-state index >= 15 is 0 Å². The Balaban J connectivity index is 2.35. The van der Waals surface area contributed by atoms with E-state index in [9.17, 15) is 8.42 Å². The molecule has 0 atom stereocenters. The molecule has 1 aromatic rings. The first-order valence-corrected chi connectivity index (χ1v) is 9.62. The molecular weight excluding hydrogens is 356 g/mol. The minimum atomic E-state index is -3.53. The predicted octanol–water partition coefficient (Wildman–Crippen LogP) is 3.39. The lowest BCUT2D eigenvalue weighted by Gasteiger charge is -2.06. The molecule has 0 amide bonds. The molecule has 7 heteroatoms. The topological polar surface area (TPSA) is 85.3 Å². The van der Waals surface area contributed by atoms with Crippen LogP contribution in [-0.4, -0.2) is 15.0 Å². The van der Waals surface area contributed by atoms with Crippen molar-refractivity contribution in [1.82, 2.24) is 4.72 Å². The predicted molar refractivity (Wildman–Crippen MR) is 87.4 cm³/mol. The minimum Gasteiger partial charge on any atom is -0.452 e. The molecule has 0 aliphatic carbocycles. The molecule has 0 bridgehead atoms. The van der Waals surface area contributed by atoms with Gasteiger partial charge in [-0.15, -0.1) is 0 Å². The highest BCUT2D eigenvalue weighted by Gasteiger charge is 2.21. The molecule has 0 aliphatic rings. The second-order valence-electron chi connectivity index (χ2n) is 5.55. The molecule has 0 radical (unpaired) electrons. The van der Waals surface area contributed by atoms with Crippen LogP contribution in [0.1, 0.15) is 51.7 Å². The van der Waals surface area contributed by atoms with Crippen molar-refractivity contribution in [3.8, 4) is 0 Å². The maximum absolute atomic E-state index is 12.1. The molecule has 0 unspecified atom stereocenters. The molecule has 0 aromatic carbocycles. The monoisotopic (exact) mass is 380 g/mol. The van der Waals surface area contributed by atoms with Crippen LogP contribution in [-0.2, 0) is 16.6 Å². The number of hydrogen-bond acceptors (Lipinski definition) is 4. The number of nitrogens with two attached hydrogens (primary N) is 1. The average molecular weight is 381 g/mol. The van der Waals surface area contributed by atoms with Crippen LogP contribution in [0.25, 0.3) is 0 Å². The lowest BCUT2D eigenvalue weighted by molar-refractivity contribution is 0.483. The molecule has 5 nitrogen and oxygen atoms in total. The number of halogens is 1. The number of rotatable bonds is 10. The summed E-state index contributed by atoms with van der Waals surface area (Å²) in [6.45, 7) is 5.04. The standard InChI is InChI=1S/C14H25BrN2O3S/c1-11(2)7-5-3-4-6-8-17-21(18,19)13-9-12(10-16)20-14(13)15/h9,11,17H,3-8,10,16H2,1-2H3. The van der Waals surface area contributed by atoms with Gasteiger partial charge in [0.1, 0.15) is 10.7 Å². The van der Waals surface area contributed by atoms with Crippen molar-refractivity contribution in [1.29, 1.82) is 0 Å². The van der Waals surface area contributed by atoms with Gasteiger partial charge in [0.2, 0.25) is 10.0 Å². The highest BCUT2D eigenvalue weighted by molar-refractivity contribution is 9.10. The van der Waals surface area contributed by atoms with Crippen LogP contribution >= 0.6 is 15.9 Å². The van der Waals surface area contributed by atoms with E-state index in [1.165, 1.54) is 18.9 Å². The van der Waals surface area contributed by atoms with Gasteiger partial charge in [-0.1, -0.05) is 39.5 Å². The number of furan rings is 1. The summed E-state index contributed by atoms with van der Waals surface area (Å²) < 4.78 is 32.2. The van der Waals surface area contributed by atoms with E-state index in [2.05, 4.69) is 34.5 Å². The normalized spacial score (nSPS) is 12.2. The van der Waals surface area contributed by atoms with Gasteiger partial charge < -0.3 is 10.2 Å². The van der Waals surface area contributed by atoms with Crippen LogP contribution < -0.4 is 10.5 Å². The van der Waals surface area contributed by atoms with Gasteiger partial charge in [-0.05, 0) is 28.3 Å². The Labute approximate surface area is 135 Å². The summed E-state index contributed by atoms with van der Waals surface area (Å²) in [5, 5.41) is 0. The number of hydrogen-bond donors (Lipinski definition) is 2. The molecule has 0 aliphatic heterocycles. The van der Waals surface area contributed by atoms with Gasteiger partial charge in [0.15, 0.2) is 4.67 Å². The summed E-state index contributed by atoms with van der Waals surface area (Å²) in [7, 11) is -3.53. The molecule has 0 saturated carbocycles. The van der Waals surface area contributed by atoms with Gasteiger partial charge in [0.05, 0.1) is 6.54 Å². The van der Waals surface area contributed by atoms with Crippen LogP contribution in [0.15, 0.2) is 20.0 Å². The van der Waals surface area contributed by atoms with Crippen LogP contribution in [0.3, 0.4) is 0 Å². The third-order valence-electron chi connectivity index (χ3n) is 3.20. The van der Waals surface area contributed by atoms with Gasteiger partial charge in [0, 0.05) is 12.6 Å². The zero-order valence-electron chi connectivity index (χ0n) is 12.7. The SMILES string of the molecule is CC(C)CCCCCCNS(=O)(=O)c1cc(CN)oc1Br. The first kappa shape index (κ1) is 18.7. The van der Waals surface area contributed by atoms with Crippen molar-refractivity contribution >= 4 is 26.0 Å². The van der Waals surface area contributed by atoms with Crippen molar-refractivity contribution in [2.45, 2.75) is 57.4 Å². The Morgan fingerprint density at radius 1 is 1.29 bits per heavy atom. The number of sulfonamides is 1. The van der Waals surface area contributed by atoms with E-state index in [1.54, 1.807) is 0 Å². The maximum atomic E-state index is 12.1. The molecule has 1 rings (SSSR count). The zero-order chi connectivity index (χ0) is 15.9. The Kier molecular flexibility index (Phi) is 7.94. The Bertz CT molecular complexity index is 526. The largest absolute Gasteiger partial charge is 0.452 e. The molecule has 0 spiro atoms. The molecule has 3 N–H and O–H groups in total. The second-order valence-corrected chi connectivity index (χ2v) is 8.00. The lowest BCUT2D eigenvalue weighted by Crippen LogP contribution is -2.24. The van der Waals surface area contributed by atoms with Gasteiger partial charge in [-0.3, -0.25) is 0 Å². The van der Waals surface area contributed by atoms with Gasteiger partial charge in [-0.25, -0.2) is 13.1 Å². The Hall–Kier alpha value is -0.370. The number of nitrogens with one attached hydrogen (secondary N) is 1. The van der Waals surface area contributed by atoms with E-state index in [0.29, 0.717) is 12.3 Å². The summed E-state index contributed by atoms with van der Waals surface area (Å²) in [6.07, 6.45) is 5.46. The van der Waals surface area contributed by atoms with Crippen molar-refractivity contribution in [3.63, 3.8) is 0 Å². The molecule has 1 aromatic heterocycles. The minimum absolute atomic E-state index is 0.114. The van der Waals surface area contributed by atoms with Gasteiger partial charge in [0.25, 0.3) is 0 Å². The smallest absolute Gasteiger partial charge is 0.244 e. The summed E-state index contributed by atoms with van der Waals surface area (Å²) in [4.78, 5) is 0.114. The number of unbranched alkanes of at least 4 members (excludes halogenated alkanes) is 3. The fourth-order valence-corrected chi connectivity index (χ4v) is 4.07. The van der Waals surface area contributed by atoms with Crippen molar-refractivity contribution in [2.75, 3.05) is 6.54 Å². The summed E-state index contributed by atoms with van der Waals surface area (Å²) in [5.74, 6) is 1.18. The van der Waals surface area contributed by atoms with E-state index in [1.807, 2.05) is 0 Å². The van der Waals surface area contributed by atoms with E-state index in [-0.39, 0.29) is 16.1 Å². The van der Waals surface area contributed by atoms with Gasteiger partial charge >= 0.3 is 0 Å². The molecule has 0 saturated heterocycles. The maximum Gasteiger partial charge on any atom is 0.244 e. The molecule has 122 valence electrons. The van der Waals surface area contributed by atoms with Crippen LogP contribution in [0, 0.1) is 5.92 Å². The Morgan fingerprint density at radius 3 is 2.52 bits per heavy atom.